The molecule has 0 heterocycles. The number of carbonyl (C=O) groups excluding carboxylic acids is 1. The third-order valence-electron chi connectivity index (χ3n) is 3.65. The number of aliphatic hydroxyl groups excluding tert-OH is 1. The Kier molecular flexibility index (Phi) is 4.27. The summed E-state index contributed by atoms with van der Waals surface area (Å²) in [5.41, 5.74) is 6.37. The monoisotopic (exact) mass is 264 g/mol. The van der Waals surface area contributed by atoms with Gasteiger partial charge in [-0.15, -0.1) is 0 Å². The number of hydrogen-bond acceptors (Lipinski definition) is 4. The Balaban J connectivity index is 1.89. The lowest BCUT2D eigenvalue weighted by Crippen LogP contribution is -2.32. The summed E-state index contributed by atoms with van der Waals surface area (Å²) in [6.45, 7) is 0.584. The van der Waals surface area contributed by atoms with Crippen LogP contribution in [0.3, 0.4) is 0 Å². The van der Waals surface area contributed by atoms with E-state index in [9.17, 15) is 15.0 Å². The second-order valence-corrected chi connectivity index (χ2v) is 5.16. The Hall–Kier alpha value is -1.75. The zero-order chi connectivity index (χ0) is 13.8. The molecule has 1 aliphatic rings. The van der Waals surface area contributed by atoms with E-state index in [1.807, 2.05) is 0 Å². The average Bonchev–Trinajstić information content (AvgIpc) is 2.40. The lowest BCUT2D eigenvalue weighted by Gasteiger charge is -2.25. The van der Waals surface area contributed by atoms with Crippen LogP contribution in [-0.4, -0.2) is 28.8 Å². The van der Waals surface area contributed by atoms with E-state index in [2.05, 4.69) is 5.32 Å². The van der Waals surface area contributed by atoms with Crippen molar-refractivity contribution < 1.29 is 15.0 Å². The second kappa shape index (κ2) is 5.93. The molecule has 1 saturated carbocycles. The van der Waals surface area contributed by atoms with Crippen LogP contribution in [-0.2, 0) is 0 Å². The normalized spacial score (nSPS) is 23.0. The van der Waals surface area contributed by atoms with Crippen molar-refractivity contribution in [2.45, 2.75) is 31.8 Å². The highest BCUT2D eigenvalue weighted by molar-refractivity contribution is 5.99. The quantitative estimate of drug-likeness (QED) is 0.488. The number of amides is 1. The molecule has 104 valence electrons. The minimum atomic E-state index is -0.264. The smallest absolute Gasteiger partial charge is 0.253 e. The van der Waals surface area contributed by atoms with Crippen molar-refractivity contribution in [1.29, 1.82) is 0 Å². The summed E-state index contributed by atoms with van der Waals surface area (Å²) in [5.74, 6) is 0.172. The summed E-state index contributed by atoms with van der Waals surface area (Å²) in [7, 11) is 0. The Morgan fingerprint density at radius 2 is 2.00 bits per heavy atom. The number of carbonyl (C=O) groups is 1. The molecule has 1 aromatic rings. The van der Waals surface area contributed by atoms with Gasteiger partial charge in [0.2, 0.25) is 0 Å². The summed E-state index contributed by atoms with van der Waals surface area (Å²) in [5, 5.41) is 21.6. The maximum Gasteiger partial charge on any atom is 0.253 e. The number of nitrogen functional groups attached to an aromatic ring is 1. The molecule has 0 bridgehead atoms. The van der Waals surface area contributed by atoms with Gasteiger partial charge in [-0.2, -0.15) is 0 Å². The highest BCUT2D eigenvalue weighted by atomic mass is 16.3. The van der Waals surface area contributed by atoms with Crippen molar-refractivity contribution in [2.75, 3.05) is 12.3 Å². The second-order valence-electron chi connectivity index (χ2n) is 5.16. The van der Waals surface area contributed by atoms with Gasteiger partial charge in [-0.25, -0.2) is 0 Å². The first kappa shape index (κ1) is 13.7. The van der Waals surface area contributed by atoms with Crippen LogP contribution in [0.25, 0.3) is 0 Å². The Labute approximate surface area is 112 Å². The van der Waals surface area contributed by atoms with E-state index >= 15 is 0 Å². The number of nitrogens with two attached hydrogens (primary N) is 1. The standard InChI is InChI=1S/C14H20N2O3/c15-13-6-5-11(18)7-12(13)14(19)16-8-9-1-3-10(17)4-2-9/h5-7,9-10,17-18H,1-4,8,15H2,(H,16,19). The summed E-state index contributed by atoms with van der Waals surface area (Å²) in [6.07, 6.45) is 3.27. The van der Waals surface area contributed by atoms with Crippen LogP contribution in [0.15, 0.2) is 18.2 Å². The summed E-state index contributed by atoms with van der Waals surface area (Å²) in [4.78, 5) is 12.0. The molecule has 0 unspecified atom stereocenters. The van der Waals surface area contributed by atoms with Gasteiger partial charge in [0, 0.05) is 12.2 Å². The Morgan fingerprint density at radius 3 is 2.68 bits per heavy atom. The molecule has 5 N–H and O–H groups in total. The molecule has 5 nitrogen and oxygen atoms in total. The number of nitrogens with one attached hydrogen (secondary N) is 1. The minimum absolute atomic E-state index is 0.0279. The number of anilines is 1. The first-order valence-electron chi connectivity index (χ1n) is 6.61. The number of benzene rings is 1. The predicted octanol–water partition coefficient (Wildman–Crippen LogP) is 1.26. The molecule has 1 amide bonds. The van der Waals surface area contributed by atoms with Crippen LogP contribution >= 0.6 is 0 Å². The topological polar surface area (TPSA) is 95.6 Å². The highest BCUT2D eigenvalue weighted by Gasteiger charge is 2.20. The number of aromatic hydroxyl groups is 1. The number of rotatable bonds is 3. The van der Waals surface area contributed by atoms with Crippen molar-refractivity contribution >= 4 is 11.6 Å². The molecule has 1 fully saturated rings. The summed E-state index contributed by atoms with van der Waals surface area (Å²) < 4.78 is 0. The third-order valence-corrected chi connectivity index (χ3v) is 3.65. The lowest BCUT2D eigenvalue weighted by atomic mass is 9.87. The van der Waals surface area contributed by atoms with Gasteiger partial charge in [0.25, 0.3) is 5.91 Å². The van der Waals surface area contributed by atoms with Crippen LogP contribution in [0, 0.1) is 5.92 Å². The van der Waals surface area contributed by atoms with E-state index in [1.165, 1.54) is 18.2 Å². The van der Waals surface area contributed by atoms with Gasteiger partial charge in [0.15, 0.2) is 0 Å². The largest absolute Gasteiger partial charge is 0.508 e. The van der Waals surface area contributed by atoms with E-state index in [1.54, 1.807) is 0 Å². The summed E-state index contributed by atoms with van der Waals surface area (Å²) in [6, 6.07) is 4.34. The fourth-order valence-corrected chi connectivity index (χ4v) is 2.42. The molecule has 1 aromatic carbocycles. The zero-order valence-corrected chi connectivity index (χ0v) is 10.8. The molecular weight excluding hydrogens is 244 g/mol. The predicted molar refractivity (Wildman–Crippen MR) is 72.8 cm³/mol. The third kappa shape index (κ3) is 3.61. The van der Waals surface area contributed by atoms with Gasteiger partial charge in [0.05, 0.1) is 11.7 Å². The van der Waals surface area contributed by atoms with Crippen molar-refractivity contribution in [3.05, 3.63) is 23.8 Å². The fourth-order valence-electron chi connectivity index (χ4n) is 2.42. The van der Waals surface area contributed by atoms with Crippen LogP contribution in [0.2, 0.25) is 0 Å². The molecule has 0 atom stereocenters. The lowest BCUT2D eigenvalue weighted by molar-refractivity contribution is 0.0910. The molecule has 0 aromatic heterocycles. The van der Waals surface area contributed by atoms with E-state index in [0.29, 0.717) is 23.7 Å². The van der Waals surface area contributed by atoms with Crippen LogP contribution in [0.1, 0.15) is 36.0 Å². The van der Waals surface area contributed by atoms with Gasteiger partial charge < -0.3 is 21.3 Å². The van der Waals surface area contributed by atoms with Gasteiger partial charge in [-0.05, 0) is 49.8 Å². The molecular formula is C14H20N2O3. The number of aliphatic hydroxyl groups is 1. The summed E-state index contributed by atoms with van der Waals surface area (Å²) >= 11 is 0. The highest BCUT2D eigenvalue weighted by Crippen LogP contribution is 2.24. The number of hydrogen-bond donors (Lipinski definition) is 4. The zero-order valence-electron chi connectivity index (χ0n) is 10.8. The Bertz CT molecular complexity index is 454. The van der Waals surface area contributed by atoms with Gasteiger partial charge in [0.1, 0.15) is 5.75 Å². The van der Waals surface area contributed by atoms with Gasteiger partial charge in [-0.1, -0.05) is 0 Å². The molecule has 0 aliphatic heterocycles. The molecule has 19 heavy (non-hydrogen) atoms. The molecule has 1 aliphatic carbocycles. The molecule has 0 spiro atoms. The van der Waals surface area contributed by atoms with Crippen LogP contribution < -0.4 is 11.1 Å². The van der Waals surface area contributed by atoms with Crippen molar-refractivity contribution in [3.8, 4) is 5.75 Å². The molecule has 2 rings (SSSR count). The molecule has 0 radical (unpaired) electrons. The van der Waals surface area contributed by atoms with Crippen LogP contribution in [0.5, 0.6) is 5.75 Å². The van der Waals surface area contributed by atoms with Crippen molar-refractivity contribution in [1.82, 2.24) is 5.32 Å². The number of phenolic OH excluding ortho intramolecular Hbond substituents is 1. The minimum Gasteiger partial charge on any atom is -0.508 e. The van der Waals surface area contributed by atoms with Gasteiger partial charge >= 0.3 is 0 Å². The van der Waals surface area contributed by atoms with E-state index < -0.39 is 0 Å². The van der Waals surface area contributed by atoms with Gasteiger partial charge in [-0.3, -0.25) is 4.79 Å². The maximum atomic E-state index is 12.0. The van der Waals surface area contributed by atoms with E-state index in [0.717, 1.165) is 25.7 Å². The van der Waals surface area contributed by atoms with Crippen molar-refractivity contribution in [2.24, 2.45) is 5.92 Å². The number of phenols is 1. The molecule has 0 saturated heterocycles. The fraction of sp³-hybridized carbons (Fsp3) is 0.500. The average molecular weight is 264 g/mol. The van der Waals surface area contributed by atoms with Crippen LogP contribution in [0.4, 0.5) is 5.69 Å². The Morgan fingerprint density at radius 1 is 1.32 bits per heavy atom. The molecule has 5 heteroatoms. The van der Waals surface area contributed by atoms with E-state index in [4.69, 9.17) is 5.73 Å². The SMILES string of the molecule is Nc1ccc(O)cc1C(=O)NCC1CCC(O)CC1. The van der Waals surface area contributed by atoms with Crippen molar-refractivity contribution in [3.63, 3.8) is 0 Å². The first-order chi connectivity index (χ1) is 9.06. The van der Waals surface area contributed by atoms with E-state index in [-0.39, 0.29) is 17.8 Å². The first-order valence-corrected chi connectivity index (χ1v) is 6.61. The maximum absolute atomic E-state index is 12.0.